The van der Waals surface area contributed by atoms with E-state index < -0.39 is 5.60 Å². The molecule has 1 aromatic carbocycles. The monoisotopic (exact) mass is 264 g/mol. The second-order valence-corrected chi connectivity index (χ2v) is 5.47. The molecule has 0 bridgehead atoms. The van der Waals surface area contributed by atoms with E-state index in [-0.39, 0.29) is 6.09 Å². The van der Waals surface area contributed by atoms with Gasteiger partial charge in [0.05, 0.1) is 0 Å². The van der Waals surface area contributed by atoms with E-state index in [9.17, 15) is 4.79 Å². The number of ether oxygens (including phenoxy) is 1. The van der Waals surface area contributed by atoms with Gasteiger partial charge in [-0.3, -0.25) is 0 Å². The van der Waals surface area contributed by atoms with Crippen LogP contribution in [0, 0.1) is 0 Å². The summed E-state index contributed by atoms with van der Waals surface area (Å²) in [5.41, 5.74) is 7.36. The third kappa shape index (κ3) is 4.91. The van der Waals surface area contributed by atoms with Crippen LogP contribution < -0.4 is 5.73 Å². The molecule has 0 aliphatic carbocycles. The normalized spacial score (nSPS) is 11.2. The summed E-state index contributed by atoms with van der Waals surface area (Å²) < 4.78 is 5.39. The maximum absolute atomic E-state index is 12.1. The van der Waals surface area contributed by atoms with E-state index in [0.717, 1.165) is 11.1 Å². The van der Waals surface area contributed by atoms with Gasteiger partial charge in [-0.2, -0.15) is 0 Å². The van der Waals surface area contributed by atoms with E-state index in [1.54, 1.807) is 4.90 Å². The highest BCUT2D eigenvalue weighted by molar-refractivity contribution is 5.68. The molecule has 0 aliphatic rings. The van der Waals surface area contributed by atoms with Crippen molar-refractivity contribution >= 4 is 6.09 Å². The second kappa shape index (κ2) is 6.57. The Morgan fingerprint density at radius 3 is 2.32 bits per heavy atom. The zero-order valence-electron chi connectivity index (χ0n) is 12.3. The Balaban J connectivity index is 2.79. The molecule has 0 fully saturated rings. The summed E-state index contributed by atoms with van der Waals surface area (Å²) in [5.74, 6) is 0. The molecule has 0 saturated carbocycles. The fourth-order valence-electron chi connectivity index (χ4n) is 1.75. The lowest BCUT2D eigenvalue weighted by Gasteiger charge is -2.27. The van der Waals surface area contributed by atoms with E-state index >= 15 is 0 Å². The maximum atomic E-state index is 12.1. The summed E-state index contributed by atoms with van der Waals surface area (Å²) in [5, 5.41) is 0. The van der Waals surface area contributed by atoms with Crippen LogP contribution in [-0.4, -0.2) is 23.1 Å². The molecular formula is C15H24N2O2. The van der Waals surface area contributed by atoms with E-state index in [4.69, 9.17) is 10.5 Å². The van der Waals surface area contributed by atoms with Gasteiger partial charge in [0.2, 0.25) is 0 Å². The van der Waals surface area contributed by atoms with Gasteiger partial charge < -0.3 is 15.4 Å². The van der Waals surface area contributed by atoms with Crippen molar-refractivity contribution in [3.05, 3.63) is 35.4 Å². The van der Waals surface area contributed by atoms with Gasteiger partial charge in [0, 0.05) is 19.6 Å². The van der Waals surface area contributed by atoms with Gasteiger partial charge in [-0.25, -0.2) is 4.79 Å². The molecule has 1 amide bonds. The predicted octanol–water partition coefficient (Wildman–Crippen LogP) is 2.90. The molecular weight excluding hydrogens is 240 g/mol. The number of nitrogens with zero attached hydrogens (tertiary/aromatic N) is 1. The molecule has 1 rings (SSSR count). The maximum Gasteiger partial charge on any atom is 0.410 e. The second-order valence-electron chi connectivity index (χ2n) is 5.47. The van der Waals surface area contributed by atoms with Crippen LogP contribution in [0.5, 0.6) is 0 Å². The van der Waals surface area contributed by atoms with Crippen LogP contribution in [0.25, 0.3) is 0 Å². The largest absolute Gasteiger partial charge is 0.444 e. The summed E-state index contributed by atoms with van der Waals surface area (Å²) in [6.45, 7) is 9.15. The first-order chi connectivity index (χ1) is 8.87. The fraction of sp³-hybridized carbons (Fsp3) is 0.533. The summed E-state index contributed by atoms with van der Waals surface area (Å²) in [6.07, 6.45) is -0.290. The first-order valence-electron chi connectivity index (χ1n) is 6.62. The van der Waals surface area contributed by atoms with Crippen molar-refractivity contribution in [2.24, 2.45) is 5.73 Å². The molecule has 4 heteroatoms. The molecule has 0 aliphatic heterocycles. The number of amides is 1. The Hall–Kier alpha value is -1.55. The van der Waals surface area contributed by atoms with Crippen LogP contribution in [0.3, 0.4) is 0 Å². The Bertz CT molecular complexity index is 424. The average molecular weight is 264 g/mol. The minimum absolute atomic E-state index is 0.290. The van der Waals surface area contributed by atoms with Gasteiger partial charge in [0.1, 0.15) is 5.60 Å². The van der Waals surface area contributed by atoms with Gasteiger partial charge in [-0.15, -0.1) is 0 Å². The standard InChI is InChI=1S/C15H24N2O2/c1-5-17(14(18)19-15(2,3)4)11-13-9-7-6-8-12(13)10-16/h6-9H,5,10-11,16H2,1-4H3. The van der Waals surface area contributed by atoms with Crippen molar-refractivity contribution in [3.63, 3.8) is 0 Å². The molecule has 19 heavy (non-hydrogen) atoms. The Kier molecular flexibility index (Phi) is 5.36. The van der Waals surface area contributed by atoms with Gasteiger partial charge in [0.25, 0.3) is 0 Å². The fourth-order valence-corrected chi connectivity index (χ4v) is 1.75. The molecule has 0 aromatic heterocycles. The highest BCUT2D eigenvalue weighted by Gasteiger charge is 2.21. The number of hydrogen-bond donors (Lipinski definition) is 1. The van der Waals surface area contributed by atoms with Crippen LogP contribution in [0.1, 0.15) is 38.8 Å². The van der Waals surface area contributed by atoms with Crippen LogP contribution in [0.4, 0.5) is 4.79 Å². The first-order valence-corrected chi connectivity index (χ1v) is 6.62. The zero-order chi connectivity index (χ0) is 14.5. The summed E-state index contributed by atoms with van der Waals surface area (Å²) in [7, 11) is 0. The van der Waals surface area contributed by atoms with Crippen molar-refractivity contribution in [2.45, 2.75) is 46.4 Å². The topological polar surface area (TPSA) is 55.6 Å². The predicted molar refractivity (Wildman–Crippen MR) is 76.7 cm³/mol. The van der Waals surface area contributed by atoms with E-state index in [0.29, 0.717) is 19.6 Å². The highest BCUT2D eigenvalue weighted by atomic mass is 16.6. The molecule has 0 radical (unpaired) electrons. The Morgan fingerprint density at radius 1 is 1.26 bits per heavy atom. The van der Waals surface area contributed by atoms with Gasteiger partial charge >= 0.3 is 6.09 Å². The van der Waals surface area contributed by atoms with Crippen molar-refractivity contribution < 1.29 is 9.53 Å². The summed E-state index contributed by atoms with van der Waals surface area (Å²) in [6, 6.07) is 7.89. The van der Waals surface area contributed by atoms with Crippen molar-refractivity contribution in [3.8, 4) is 0 Å². The van der Waals surface area contributed by atoms with Crippen molar-refractivity contribution in [1.82, 2.24) is 4.90 Å². The molecule has 2 N–H and O–H groups in total. The lowest BCUT2D eigenvalue weighted by atomic mass is 10.1. The van der Waals surface area contributed by atoms with Crippen LogP contribution >= 0.6 is 0 Å². The van der Waals surface area contributed by atoms with E-state index in [1.807, 2.05) is 52.0 Å². The quantitative estimate of drug-likeness (QED) is 0.909. The molecule has 106 valence electrons. The SMILES string of the molecule is CCN(Cc1ccccc1CN)C(=O)OC(C)(C)C. The molecule has 4 nitrogen and oxygen atoms in total. The molecule has 0 saturated heterocycles. The number of nitrogens with two attached hydrogens (primary N) is 1. The minimum atomic E-state index is -0.474. The number of carbonyl (C=O) groups is 1. The zero-order valence-corrected chi connectivity index (χ0v) is 12.3. The lowest BCUT2D eigenvalue weighted by Crippen LogP contribution is -2.36. The van der Waals surface area contributed by atoms with Crippen LogP contribution in [0.15, 0.2) is 24.3 Å². The van der Waals surface area contributed by atoms with Crippen LogP contribution in [0.2, 0.25) is 0 Å². The third-order valence-electron chi connectivity index (χ3n) is 2.73. The minimum Gasteiger partial charge on any atom is -0.444 e. The Labute approximate surface area is 115 Å². The molecule has 1 aromatic rings. The number of hydrogen-bond acceptors (Lipinski definition) is 3. The first kappa shape index (κ1) is 15.5. The molecule has 0 spiro atoms. The van der Waals surface area contributed by atoms with E-state index in [1.165, 1.54) is 0 Å². The summed E-state index contributed by atoms with van der Waals surface area (Å²) >= 11 is 0. The Morgan fingerprint density at radius 2 is 1.84 bits per heavy atom. The molecule has 0 atom stereocenters. The van der Waals surface area contributed by atoms with Crippen molar-refractivity contribution in [2.75, 3.05) is 6.54 Å². The van der Waals surface area contributed by atoms with Crippen molar-refractivity contribution in [1.29, 1.82) is 0 Å². The summed E-state index contributed by atoms with van der Waals surface area (Å²) in [4.78, 5) is 13.7. The van der Waals surface area contributed by atoms with E-state index in [2.05, 4.69) is 0 Å². The van der Waals surface area contributed by atoms with Gasteiger partial charge in [-0.05, 0) is 38.8 Å². The number of rotatable bonds is 4. The average Bonchev–Trinajstić information content (AvgIpc) is 2.34. The lowest BCUT2D eigenvalue weighted by molar-refractivity contribution is 0.0244. The van der Waals surface area contributed by atoms with Crippen LogP contribution in [-0.2, 0) is 17.8 Å². The van der Waals surface area contributed by atoms with Gasteiger partial charge in [0.15, 0.2) is 0 Å². The van der Waals surface area contributed by atoms with Gasteiger partial charge in [-0.1, -0.05) is 24.3 Å². The molecule has 0 heterocycles. The third-order valence-corrected chi connectivity index (χ3v) is 2.73. The smallest absolute Gasteiger partial charge is 0.410 e. The number of benzene rings is 1. The molecule has 0 unspecified atom stereocenters. The number of carbonyl (C=O) groups excluding carboxylic acids is 1. The highest BCUT2D eigenvalue weighted by Crippen LogP contribution is 2.15.